The highest BCUT2D eigenvalue weighted by molar-refractivity contribution is 5.81. The Balaban J connectivity index is 1.51. The first kappa shape index (κ1) is 21.7. The first-order valence-corrected chi connectivity index (χ1v) is 11.0. The summed E-state index contributed by atoms with van der Waals surface area (Å²) in [6, 6.07) is 1.66. The van der Waals surface area contributed by atoms with Crippen LogP contribution in [0.4, 0.5) is 4.39 Å². The lowest BCUT2D eigenvalue weighted by atomic mass is 9.98. The van der Waals surface area contributed by atoms with Crippen molar-refractivity contribution in [2.24, 2.45) is 5.92 Å². The number of hydrogen-bond acceptors (Lipinski definition) is 5. The Morgan fingerprint density at radius 1 is 1.42 bits per heavy atom. The molecule has 3 atom stereocenters. The fourth-order valence-corrected chi connectivity index (χ4v) is 3.95. The predicted molar refractivity (Wildman–Crippen MR) is 121 cm³/mol. The third-order valence-electron chi connectivity index (χ3n) is 6.01. The van der Waals surface area contributed by atoms with E-state index in [1.807, 2.05) is 30.2 Å². The summed E-state index contributed by atoms with van der Waals surface area (Å²) in [6.07, 6.45) is 7.22. The molecule has 1 amide bonds. The number of rotatable bonds is 9. The number of piperidine rings is 1. The number of aromatic nitrogens is 1. The third kappa shape index (κ3) is 5.40. The molecule has 1 saturated carbocycles. The average Bonchev–Trinajstić information content (AvgIpc) is 3.64. The molecule has 0 radical (unpaired) electrons. The minimum Gasteiger partial charge on any atom is -0.379 e. The summed E-state index contributed by atoms with van der Waals surface area (Å²) in [7, 11) is 1.93. The van der Waals surface area contributed by atoms with Crippen LogP contribution >= 0.6 is 0 Å². The molecule has 3 heterocycles. The first-order valence-electron chi connectivity index (χ1n) is 11.0. The summed E-state index contributed by atoms with van der Waals surface area (Å²) in [5.41, 5.74) is 3.94. The quantitative estimate of drug-likeness (QED) is 0.594. The van der Waals surface area contributed by atoms with E-state index in [-0.39, 0.29) is 24.0 Å². The Bertz CT molecular complexity index is 892. The molecule has 3 unspecified atom stereocenters. The van der Waals surface area contributed by atoms with Gasteiger partial charge in [-0.2, -0.15) is 0 Å². The number of nitrogens with one attached hydrogen (secondary N) is 2. The second-order valence-corrected chi connectivity index (χ2v) is 8.64. The molecule has 2 saturated heterocycles. The van der Waals surface area contributed by atoms with Crippen molar-refractivity contribution in [2.45, 2.75) is 37.6 Å². The fraction of sp³-hybridized carbons (Fsp3) is 0.500. The Hall–Kier alpha value is -2.51. The molecule has 1 aliphatic carbocycles. The van der Waals surface area contributed by atoms with E-state index in [1.165, 1.54) is 0 Å². The zero-order valence-corrected chi connectivity index (χ0v) is 18.1. The van der Waals surface area contributed by atoms with Gasteiger partial charge in [0.05, 0.1) is 24.0 Å². The van der Waals surface area contributed by atoms with Crippen molar-refractivity contribution < 1.29 is 13.9 Å². The van der Waals surface area contributed by atoms with Crippen molar-refractivity contribution in [3.05, 3.63) is 47.8 Å². The van der Waals surface area contributed by atoms with E-state index in [0.29, 0.717) is 25.4 Å². The number of carbonyl (C=O) groups excluding carboxylic acids is 1. The smallest absolute Gasteiger partial charge is 0.223 e. The van der Waals surface area contributed by atoms with Crippen molar-refractivity contribution in [3.8, 4) is 0 Å². The number of ether oxygens (including phenoxy) is 1. The molecule has 31 heavy (non-hydrogen) atoms. The largest absolute Gasteiger partial charge is 0.379 e. The Morgan fingerprint density at radius 3 is 2.84 bits per heavy atom. The van der Waals surface area contributed by atoms with Crippen LogP contribution in [0.5, 0.6) is 0 Å². The predicted octanol–water partition coefficient (Wildman–Crippen LogP) is 2.94. The second-order valence-electron chi connectivity index (χ2n) is 8.64. The van der Waals surface area contributed by atoms with E-state index >= 15 is 0 Å². The molecule has 4 rings (SSSR count). The maximum absolute atomic E-state index is 14.5. The van der Waals surface area contributed by atoms with Crippen LogP contribution in [0.3, 0.4) is 0 Å². The fourth-order valence-electron chi connectivity index (χ4n) is 3.95. The van der Waals surface area contributed by atoms with Gasteiger partial charge in [0.2, 0.25) is 5.91 Å². The number of pyridine rings is 1. The molecule has 2 N–H and O–H groups in total. The molecule has 2 aliphatic heterocycles. The van der Waals surface area contributed by atoms with Crippen LogP contribution in [0, 0.1) is 5.92 Å². The van der Waals surface area contributed by atoms with E-state index < -0.39 is 6.17 Å². The Kier molecular flexibility index (Phi) is 6.53. The normalized spacial score (nSPS) is 25.9. The number of halogens is 1. The zero-order valence-electron chi connectivity index (χ0n) is 18.1. The summed E-state index contributed by atoms with van der Waals surface area (Å²) >= 11 is 0. The molecule has 3 fully saturated rings. The van der Waals surface area contributed by atoms with Gasteiger partial charge >= 0.3 is 0 Å². The van der Waals surface area contributed by atoms with Crippen LogP contribution in [0.1, 0.15) is 47.9 Å². The number of amides is 1. The highest BCUT2D eigenvalue weighted by Crippen LogP contribution is 2.35. The Labute approximate surface area is 183 Å². The van der Waals surface area contributed by atoms with Crippen molar-refractivity contribution >= 4 is 23.8 Å². The Morgan fingerprint density at radius 2 is 2.19 bits per heavy atom. The topological polar surface area (TPSA) is 69.8 Å². The molecule has 0 aromatic carbocycles. The lowest BCUT2D eigenvalue weighted by Crippen LogP contribution is -2.48. The SMILES string of the molecule is C=Cc1c(C(=C)NC2CCN(C)CC2F)cc(/C=C/CNC(=O)C2CC2)nc1C1CO1. The summed E-state index contributed by atoms with van der Waals surface area (Å²) in [5, 5.41) is 6.22. The number of epoxide rings is 1. The monoisotopic (exact) mass is 426 g/mol. The van der Waals surface area contributed by atoms with Gasteiger partial charge in [0.15, 0.2) is 0 Å². The van der Waals surface area contributed by atoms with Gasteiger partial charge in [0.25, 0.3) is 0 Å². The van der Waals surface area contributed by atoms with E-state index in [1.54, 1.807) is 6.08 Å². The number of likely N-dealkylation sites (tertiary alicyclic amines) is 1. The molecule has 7 heteroatoms. The molecular weight excluding hydrogens is 395 g/mol. The second kappa shape index (κ2) is 9.32. The average molecular weight is 427 g/mol. The van der Waals surface area contributed by atoms with Gasteiger partial charge in [-0.1, -0.05) is 25.3 Å². The van der Waals surface area contributed by atoms with Crippen LogP contribution in [-0.2, 0) is 9.53 Å². The summed E-state index contributed by atoms with van der Waals surface area (Å²) < 4.78 is 20.0. The summed E-state index contributed by atoms with van der Waals surface area (Å²) in [4.78, 5) is 18.5. The lowest BCUT2D eigenvalue weighted by molar-refractivity contribution is -0.122. The van der Waals surface area contributed by atoms with E-state index in [2.05, 4.69) is 23.8 Å². The summed E-state index contributed by atoms with van der Waals surface area (Å²) in [5.74, 6) is 0.306. The van der Waals surface area contributed by atoms with Crippen molar-refractivity contribution in [1.29, 1.82) is 0 Å². The number of alkyl halides is 1. The molecule has 1 aromatic heterocycles. The first-order chi connectivity index (χ1) is 15.0. The van der Waals surface area contributed by atoms with Gasteiger partial charge in [-0.05, 0) is 38.5 Å². The number of nitrogens with zero attached hydrogens (tertiary/aromatic N) is 2. The van der Waals surface area contributed by atoms with Gasteiger partial charge in [-0.15, -0.1) is 0 Å². The maximum Gasteiger partial charge on any atom is 0.223 e. The minimum absolute atomic E-state index is 0.0558. The van der Waals surface area contributed by atoms with Crippen LogP contribution in [-0.4, -0.2) is 61.3 Å². The molecular formula is C24H31FN4O2. The van der Waals surface area contributed by atoms with Gasteiger partial charge in [-0.25, -0.2) is 9.37 Å². The molecule has 3 aliphatic rings. The molecule has 0 spiro atoms. The maximum atomic E-state index is 14.5. The van der Waals surface area contributed by atoms with Gasteiger partial charge in [0, 0.05) is 42.4 Å². The molecule has 0 bridgehead atoms. The highest BCUT2D eigenvalue weighted by atomic mass is 19.1. The van der Waals surface area contributed by atoms with Crippen LogP contribution in [0.2, 0.25) is 0 Å². The molecule has 6 nitrogen and oxygen atoms in total. The number of hydrogen-bond donors (Lipinski definition) is 2. The van der Waals surface area contributed by atoms with Crippen molar-refractivity contribution in [2.75, 3.05) is 33.3 Å². The standard InChI is InChI=1S/C24H31FN4O2/c1-4-18-19(15(2)27-21-9-11-29(3)13-20(21)25)12-17(28-23(18)22-14-31-22)6-5-10-26-24(30)16-7-8-16/h4-6,12,16,20-22,27H,1-2,7-11,13-14H2,3H3,(H,26,30)/b6-5+. The number of carbonyl (C=O) groups is 1. The lowest BCUT2D eigenvalue weighted by Gasteiger charge is -2.34. The van der Waals surface area contributed by atoms with E-state index in [0.717, 1.165) is 48.3 Å². The highest BCUT2D eigenvalue weighted by Gasteiger charge is 2.32. The van der Waals surface area contributed by atoms with Gasteiger partial charge in [-0.3, -0.25) is 4.79 Å². The molecule has 166 valence electrons. The van der Waals surface area contributed by atoms with Crippen LogP contribution < -0.4 is 10.6 Å². The van der Waals surface area contributed by atoms with E-state index in [4.69, 9.17) is 9.72 Å². The summed E-state index contributed by atoms with van der Waals surface area (Å²) in [6.45, 7) is 10.5. The van der Waals surface area contributed by atoms with E-state index in [9.17, 15) is 9.18 Å². The zero-order chi connectivity index (χ0) is 22.0. The van der Waals surface area contributed by atoms with Crippen LogP contribution in [0.15, 0.2) is 25.3 Å². The van der Waals surface area contributed by atoms with Gasteiger partial charge < -0.3 is 20.3 Å². The van der Waals surface area contributed by atoms with Gasteiger partial charge in [0.1, 0.15) is 12.3 Å². The third-order valence-corrected chi connectivity index (χ3v) is 6.01. The van der Waals surface area contributed by atoms with Crippen molar-refractivity contribution in [1.82, 2.24) is 20.5 Å². The minimum atomic E-state index is -0.954. The van der Waals surface area contributed by atoms with Crippen LogP contribution in [0.25, 0.3) is 17.8 Å². The van der Waals surface area contributed by atoms with Crippen molar-refractivity contribution in [3.63, 3.8) is 0 Å². The molecule has 1 aromatic rings.